The summed E-state index contributed by atoms with van der Waals surface area (Å²) in [4.78, 5) is 7.55. The van der Waals surface area contributed by atoms with Gasteiger partial charge in [-0.2, -0.15) is 0 Å². The van der Waals surface area contributed by atoms with Crippen LogP contribution >= 0.6 is 22.6 Å². The molecule has 1 rings (SSSR count). The molecule has 0 aliphatic rings. The van der Waals surface area contributed by atoms with Gasteiger partial charge in [-0.15, -0.1) is 0 Å². The van der Waals surface area contributed by atoms with Crippen LogP contribution in [0.4, 0.5) is 0 Å². The van der Waals surface area contributed by atoms with Gasteiger partial charge in [-0.1, -0.05) is 5.92 Å². The van der Waals surface area contributed by atoms with Crippen LogP contribution in [0, 0.1) is 9.85 Å². The molecule has 0 amide bonds. The van der Waals surface area contributed by atoms with Crippen molar-refractivity contribution in [2.45, 2.75) is 0 Å². The smallest absolute Gasteiger partial charge is 0.157 e. The van der Waals surface area contributed by atoms with Crippen molar-refractivity contribution >= 4 is 22.6 Å². The van der Waals surface area contributed by atoms with Gasteiger partial charge in [0.25, 0.3) is 0 Å². The van der Waals surface area contributed by atoms with Crippen molar-refractivity contribution in [1.82, 2.24) is 9.97 Å². The molecule has 0 saturated heterocycles. The predicted octanol–water partition coefficient (Wildman–Crippen LogP) is 1.25. The molecule has 0 saturated carbocycles. The summed E-state index contributed by atoms with van der Waals surface area (Å²) >= 11 is 1.96. The van der Waals surface area contributed by atoms with Crippen molar-refractivity contribution in [3.63, 3.8) is 0 Å². The van der Waals surface area contributed by atoms with Crippen molar-refractivity contribution in [2.75, 3.05) is 6.61 Å². The molecule has 0 N–H and O–H groups in total. The number of ether oxygens (including phenoxy) is 1. The number of aromatic nitrogens is 2. The predicted molar refractivity (Wildman–Crippen MR) is 49.3 cm³/mol. The first-order valence-corrected chi connectivity index (χ1v) is 3.97. The zero-order valence-corrected chi connectivity index (χ0v) is 7.78. The molecule has 1 aromatic rings. The summed E-state index contributed by atoms with van der Waals surface area (Å²) in [7, 11) is 0. The van der Waals surface area contributed by atoms with E-state index in [1.54, 1.807) is 12.4 Å². The van der Waals surface area contributed by atoms with Crippen LogP contribution in [0.3, 0.4) is 0 Å². The third-order valence-corrected chi connectivity index (χ3v) is 1.30. The summed E-state index contributed by atoms with van der Waals surface area (Å²) < 4.78 is 7.84. The van der Waals surface area contributed by atoms with E-state index < -0.39 is 0 Å². The maximum atomic E-state index is 5.14. The quantitative estimate of drug-likeness (QED) is 0.593. The molecule has 0 fully saturated rings. The van der Waals surface area contributed by atoms with Gasteiger partial charge in [0, 0.05) is 22.6 Å². The Hall–Kier alpha value is -0.830. The van der Waals surface area contributed by atoms with E-state index in [1.165, 1.54) is 6.33 Å². The zero-order chi connectivity index (χ0) is 7.94. The van der Waals surface area contributed by atoms with E-state index in [2.05, 4.69) is 19.8 Å². The van der Waals surface area contributed by atoms with Gasteiger partial charge in [0.15, 0.2) is 5.75 Å². The highest BCUT2D eigenvalue weighted by molar-refractivity contribution is 14.1. The lowest BCUT2D eigenvalue weighted by atomic mass is 10.6. The van der Waals surface area contributed by atoms with Gasteiger partial charge in [-0.05, 0) is 3.93 Å². The van der Waals surface area contributed by atoms with E-state index in [1.807, 2.05) is 22.6 Å². The maximum Gasteiger partial charge on any atom is 0.157 e. The van der Waals surface area contributed by atoms with Crippen LogP contribution in [0.5, 0.6) is 5.75 Å². The number of hydrogen-bond acceptors (Lipinski definition) is 3. The topological polar surface area (TPSA) is 35.0 Å². The van der Waals surface area contributed by atoms with Crippen LogP contribution in [0.15, 0.2) is 18.7 Å². The fraction of sp³-hybridized carbons (Fsp3) is 0.143. The minimum absolute atomic E-state index is 0.385. The van der Waals surface area contributed by atoms with Crippen molar-refractivity contribution in [1.29, 1.82) is 0 Å². The molecule has 0 bridgehead atoms. The first-order valence-electron chi connectivity index (χ1n) is 2.90. The summed E-state index contributed by atoms with van der Waals surface area (Å²) in [6.07, 6.45) is 4.65. The van der Waals surface area contributed by atoms with Crippen LogP contribution in [0.25, 0.3) is 0 Å². The highest BCUT2D eigenvalue weighted by Gasteiger charge is 1.87. The Labute approximate surface area is 78.3 Å². The highest BCUT2D eigenvalue weighted by atomic mass is 127. The molecule has 11 heavy (non-hydrogen) atoms. The van der Waals surface area contributed by atoms with Crippen molar-refractivity contribution in [3.8, 4) is 15.6 Å². The van der Waals surface area contributed by atoms with E-state index in [0.717, 1.165) is 0 Å². The molecule has 3 nitrogen and oxygen atoms in total. The lowest BCUT2D eigenvalue weighted by Crippen LogP contribution is -1.94. The molecular formula is C7H5IN2O. The van der Waals surface area contributed by atoms with Crippen molar-refractivity contribution in [2.24, 2.45) is 0 Å². The number of rotatable bonds is 2. The molecule has 4 heteroatoms. The highest BCUT2D eigenvalue weighted by Crippen LogP contribution is 2.02. The largest absolute Gasteiger partial charge is 0.478 e. The molecule has 1 aromatic heterocycles. The summed E-state index contributed by atoms with van der Waals surface area (Å²) in [5.74, 6) is 3.40. The minimum atomic E-state index is 0.385. The molecule has 56 valence electrons. The van der Waals surface area contributed by atoms with Crippen LogP contribution < -0.4 is 4.74 Å². The van der Waals surface area contributed by atoms with Crippen LogP contribution in [0.2, 0.25) is 0 Å². The Morgan fingerprint density at radius 3 is 2.82 bits per heavy atom. The summed E-state index contributed by atoms with van der Waals surface area (Å²) in [5.41, 5.74) is 0. The monoisotopic (exact) mass is 260 g/mol. The van der Waals surface area contributed by atoms with Gasteiger partial charge < -0.3 is 4.74 Å². The van der Waals surface area contributed by atoms with E-state index in [0.29, 0.717) is 12.4 Å². The zero-order valence-electron chi connectivity index (χ0n) is 5.62. The summed E-state index contributed by atoms with van der Waals surface area (Å²) in [5, 5.41) is 0. The average Bonchev–Trinajstić information content (AvgIpc) is 2.07. The SMILES string of the molecule is IC#CCOc1cncnc1. The molecule has 0 atom stereocenters. The minimum Gasteiger partial charge on any atom is -0.478 e. The molecular weight excluding hydrogens is 255 g/mol. The maximum absolute atomic E-state index is 5.14. The Balaban J connectivity index is 2.43. The fourth-order valence-corrected chi connectivity index (χ4v) is 0.662. The number of nitrogens with zero attached hydrogens (tertiary/aromatic N) is 2. The van der Waals surface area contributed by atoms with Crippen LogP contribution in [0.1, 0.15) is 0 Å². The molecule has 0 radical (unpaired) electrons. The second kappa shape index (κ2) is 4.91. The average molecular weight is 260 g/mol. The summed E-state index contributed by atoms with van der Waals surface area (Å²) in [6, 6.07) is 0. The van der Waals surface area contributed by atoms with E-state index >= 15 is 0 Å². The summed E-state index contributed by atoms with van der Waals surface area (Å²) in [6.45, 7) is 0.385. The van der Waals surface area contributed by atoms with Gasteiger partial charge in [-0.25, -0.2) is 9.97 Å². The second-order valence-corrected chi connectivity index (χ2v) is 2.17. The third-order valence-electron chi connectivity index (χ3n) is 0.915. The molecule has 0 aromatic carbocycles. The number of halogens is 1. The van der Waals surface area contributed by atoms with Crippen molar-refractivity contribution < 1.29 is 4.74 Å². The van der Waals surface area contributed by atoms with Crippen molar-refractivity contribution in [3.05, 3.63) is 18.7 Å². The van der Waals surface area contributed by atoms with Crippen LogP contribution in [-0.4, -0.2) is 16.6 Å². The van der Waals surface area contributed by atoms with Gasteiger partial charge in [-0.3, -0.25) is 0 Å². The molecule has 0 aliphatic heterocycles. The van der Waals surface area contributed by atoms with Gasteiger partial charge >= 0.3 is 0 Å². The normalized spacial score (nSPS) is 8.09. The number of hydrogen-bond donors (Lipinski definition) is 0. The van der Waals surface area contributed by atoms with Gasteiger partial charge in [0.05, 0.1) is 12.4 Å². The molecule has 0 aliphatic carbocycles. The van der Waals surface area contributed by atoms with Gasteiger partial charge in [0.2, 0.25) is 0 Å². The lowest BCUT2D eigenvalue weighted by Gasteiger charge is -1.97. The fourth-order valence-electron chi connectivity index (χ4n) is 0.507. The standard InChI is InChI=1S/C7H5IN2O/c8-2-1-3-11-7-4-9-6-10-5-7/h4-6H,3H2. The first-order chi connectivity index (χ1) is 5.43. The lowest BCUT2D eigenvalue weighted by molar-refractivity contribution is 0.367. The van der Waals surface area contributed by atoms with E-state index in [9.17, 15) is 0 Å². The molecule has 0 unspecified atom stereocenters. The Bertz CT molecular complexity index is 265. The van der Waals surface area contributed by atoms with E-state index in [-0.39, 0.29) is 0 Å². The molecule has 1 heterocycles. The molecule has 0 spiro atoms. The van der Waals surface area contributed by atoms with E-state index in [4.69, 9.17) is 4.74 Å². The third kappa shape index (κ3) is 3.18. The first kappa shape index (κ1) is 8.27. The Morgan fingerprint density at radius 1 is 1.45 bits per heavy atom. The van der Waals surface area contributed by atoms with Crippen LogP contribution in [-0.2, 0) is 0 Å². The van der Waals surface area contributed by atoms with Gasteiger partial charge in [0.1, 0.15) is 12.9 Å². The Morgan fingerprint density at radius 2 is 2.18 bits per heavy atom. The second-order valence-electron chi connectivity index (χ2n) is 1.63. The Kier molecular flexibility index (Phi) is 3.69.